The lowest BCUT2D eigenvalue weighted by molar-refractivity contribution is -0.122. The van der Waals surface area contributed by atoms with E-state index in [1.54, 1.807) is 12.5 Å². The number of nitrogens with zero attached hydrogens (tertiary/aromatic N) is 3. The molecule has 0 bridgehead atoms. The minimum absolute atomic E-state index is 0.0426. The Morgan fingerprint density at radius 2 is 2.10 bits per heavy atom. The zero-order valence-corrected chi connectivity index (χ0v) is 15.7. The zero-order chi connectivity index (χ0) is 19.6. The molecule has 1 aliphatic heterocycles. The van der Waals surface area contributed by atoms with Crippen LogP contribution in [0.15, 0.2) is 69.8 Å². The van der Waals surface area contributed by atoms with Crippen LogP contribution >= 0.6 is 0 Å². The number of anilines is 1. The molecule has 5 rings (SSSR count). The van der Waals surface area contributed by atoms with Gasteiger partial charge in [0.1, 0.15) is 17.3 Å². The number of carbonyl (C=O) groups excluding carboxylic acids is 1. The largest absolute Gasteiger partial charge is 0.463 e. The molecule has 7 nitrogen and oxygen atoms in total. The molecule has 3 aromatic heterocycles. The Labute approximate surface area is 167 Å². The van der Waals surface area contributed by atoms with Gasteiger partial charge in [0.2, 0.25) is 5.91 Å². The van der Waals surface area contributed by atoms with Crippen LogP contribution in [0.1, 0.15) is 18.4 Å². The fourth-order valence-electron chi connectivity index (χ4n) is 3.77. The van der Waals surface area contributed by atoms with Crippen LogP contribution in [-0.4, -0.2) is 28.5 Å². The predicted molar refractivity (Wildman–Crippen MR) is 108 cm³/mol. The molecule has 1 atom stereocenters. The van der Waals surface area contributed by atoms with Gasteiger partial charge in [0.25, 0.3) is 6.01 Å². The quantitative estimate of drug-likeness (QED) is 0.560. The second kappa shape index (κ2) is 7.43. The van der Waals surface area contributed by atoms with Crippen LogP contribution < -0.4 is 10.2 Å². The average molecular weight is 388 g/mol. The van der Waals surface area contributed by atoms with E-state index in [1.807, 2.05) is 53.4 Å². The van der Waals surface area contributed by atoms with E-state index in [0.717, 1.165) is 41.7 Å². The lowest BCUT2D eigenvalue weighted by Gasteiger charge is -2.22. The summed E-state index contributed by atoms with van der Waals surface area (Å²) in [5, 5.41) is 3.05. The number of benzene rings is 1. The molecular weight excluding hydrogens is 368 g/mol. The number of rotatable bonds is 5. The van der Waals surface area contributed by atoms with Crippen LogP contribution in [0.4, 0.5) is 6.01 Å². The molecule has 4 heterocycles. The zero-order valence-electron chi connectivity index (χ0n) is 15.7. The third-order valence-electron chi connectivity index (χ3n) is 5.18. The summed E-state index contributed by atoms with van der Waals surface area (Å²) in [4.78, 5) is 23.9. The summed E-state index contributed by atoms with van der Waals surface area (Å²) < 4.78 is 11.3. The minimum atomic E-state index is -0.299. The van der Waals surface area contributed by atoms with Gasteiger partial charge in [-0.25, -0.2) is 0 Å². The van der Waals surface area contributed by atoms with E-state index in [9.17, 15) is 4.79 Å². The number of hydrogen-bond acceptors (Lipinski definition) is 6. The minimum Gasteiger partial charge on any atom is -0.463 e. The Kier molecular flexibility index (Phi) is 4.48. The lowest BCUT2D eigenvalue weighted by Crippen LogP contribution is -2.43. The number of hydrogen-bond donors (Lipinski definition) is 1. The van der Waals surface area contributed by atoms with Crippen molar-refractivity contribution in [2.24, 2.45) is 0 Å². The van der Waals surface area contributed by atoms with Crippen molar-refractivity contribution in [2.75, 3.05) is 11.4 Å². The first-order valence-corrected chi connectivity index (χ1v) is 9.67. The Morgan fingerprint density at radius 1 is 1.17 bits per heavy atom. The molecule has 146 valence electrons. The fourth-order valence-corrected chi connectivity index (χ4v) is 3.77. The highest BCUT2D eigenvalue weighted by atomic mass is 16.4. The molecule has 7 heteroatoms. The number of nitrogens with one attached hydrogen (secondary N) is 1. The number of aromatic nitrogens is 2. The van der Waals surface area contributed by atoms with Gasteiger partial charge in [0, 0.05) is 24.8 Å². The third kappa shape index (κ3) is 3.35. The topological polar surface area (TPSA) is 84.4 Å². The molecule has 0 aliphatic carbocycles. The maximum absolute atomic E-state index is 12.9. The number of amides is 1. The summed E-state index contributed by atoms with van der Waals surface area (Å²) in [6.45, 7) is 1.12. The first-order chi connectivity index (χ1) is 14.3. The van der Waals surface area contributed by atoms with Crippen LogP contribution in [0.2, 0.25) is 0 Å². The van der Waals surface area contributed by atoms with E-state index in [0.29, 0.717) is 18.3 Å². The van der Waals surface area contributed by atoms with Crippen LogP contribution in [0, 0.1) is 0 Å². The Morgan fingerprint density at radius 3 is 2.97 bits per heavy atom. The van der Waals surface area contributed by atoms with Crippen molar-refractivity contribution < 1.29 is 13.6 Å². The van der Waals surface area contributed by atoms with Crippen LogP contribution in [0.3, 0.4) is 0 Å². The summed E-state index contributed by atoms with van der Waals surface area (Å²) in [6, 6.07) is 15.3. The smallest absolute Gasteiger partial charge is 0.299 e. The maximum Gasteiger partial charge on any atom is 0.299 e. The van der Waals surface area contributed by atoms with Crippen molar-refractivity contribution in [2.45, 2.75) is 25.4 Å². The predicted octanol–water partition coefficient (Wildman–Crippen LogP) is 3.77. The van der Waals surface area contributed by atoms with Gasteiger partial charge in [-0.1, -0.05) is 18.2 Å². The first kappa shape index (κ1) is 17.5. The summed E-state index contributed by atoms with van der Waals surface area (Å²) in [7, 11) is 0. The molecule has 4 aromatic rings. The number of pyridine rings is 1. The average Bonchev–Trinajstić information content (AvgIpc) is 3.51. The first-order valence-electron chi connectivity index (χ1n) is 9.67. The Bertz CT molecular complexity index is 1100. The third-order valence-corrected chi connectivity index (χ3v) is 5.18. The van der Waals surface area contributed by atoms with Gasteiger partial charge in [-0.15, -0.1) is 0 Å². The number of carbonyl (C=O) groups is 1. The number of oxazole rings is 1. The van der Waals surface area contributed by atoms with Gasteiger partial charge >= 0.3 is 0 Å². The highest BCUT2D eigenvalue weighted by molar-refractivity contribution is 5.86. The molecule has 0 saturated carbocycles. The maximum atomic E-state index is 12.9. The van der Waals surface area contributed by atoms with Gasteiger partial charge in [-0.2, -0.15) is 4.98 Å². The van der Waals surface area contributed by atoms with E-state index in [-0.39, 0.29) is 11.9 Å². The van der Waals surface area contributed by atoms with E-state index in [2.05, 4.69) is 15.3 Å². The van der Waals surface area contributed by atoms with E-state index in [1.165, 1.54) is 0 Å². The second-order valence-electron chi connectivity index (χ2n) is 7.02. The van der Waals surface area contributed by atoms with E-state index >= 15 is 0 Å². The van der Waals surface area contributed by atoms with Gasteiger partial charge < -0.3 is 19.1 Å². The fraction of sp³-hybridized carbons (Fsp3) is 0.227. The number of furan rings is 1. The van der Waals surface area contributed by atoms with Crippen molar-refractivity contribution in [1.82, 2.24) is 15.3 Å². The molecule has 29 heavy (non-hydrogen) atoms. The van der Waals surface area contributed by atoms with Crippen molar-refractivity contribution in [1.29, 1.82) is 0 Å². The van der Waals surface area contributed by atoms with E-state index < -0.39 is 0 Å². The Hall–Kier alpha value is -3.61. The molecule has 1 aromatic carbocycles. The van der Waals surface area contributed by atoms with Crippen LogP contribution in [0.25, 0.3) is 22.6 Å². The van der Waals surface area contributed by atoms with Crippen molar-refractivity contribution >= 4 is 23.0 Å². The van der Waals surface area contributed by atoms with Crippen LogP contribution in [0.5, 0.6) is 0 Å². The SMILES string of the molecule is O=C(NCc1cccnc1-c1ccco1)[C@H]1CCCN1c1nc2ccccc2o1. The second-order valence-corrected chi connectivity index (χ2v) is 7.02. The molecule has 1 aliphatic rings. The monoisotopic (exact) mass is 388 g/mol. The number of fused-ring (bicyclic) bond motifs is 1. The van der Waals surface area contributed by atoms with Gasteiger partial charge in [-0.3, -0.25) is 9.78 Å². The molecular formula is C22H20N4O3. The van der Waals surface area contributed by atoms with Gasteiger partial charge in [0.05, 0.1) is 6.26 Å². The van der Waals surface area contributed by atoms with Crippen molar-refractivity contribution in [3.63, 3.8) is 0 Å². The summed E-state index contributed by atoms with van der Waals surface area (Å²) in [5.74, 6) is 0.642. The molecule has 0 radical (unpaired) electrons. The Balaban J connectivity index is 1.32. The highest BCUT2D eigenvalue weighted by Gasteiger charge is 2.33. The molecule has 1 amide bonds. The van der Waals surface area contributed by atoms with Crippen LogP contribution in [-0.2, 0) is 11.3 Å². The summed E-state index contributed by atoms with van der Waals surface area (Å²) in [5.41, 5.74) is 3.17. The molecule has 0 unspecified atom stereocenters. The standard InChI is InChI=1S/C22H20N4O3/c27-21(24-14-15-6-3-11-23-20(15)19-10-5-13-28-19)17-8-4-12-26(17)22-25-16-7-1-2-9-18(16)29-22/h1-3,5-7,9-11,13,17H,4,8,12,14H2,(H,24,27)/t17-/m1/s1. The highest BCUT2D eigenvalue weighted by Crippen LogP contribution is 2.28. The summed E-state index contributed by atoms with van der Waals surface area (Å²) in [6.07, 6.45) is 5.02. The van der Waals surface area contributed by atoms with Gasteiger partial charge in [0.15, 0.2) is 11.3 Å². The summed E-state index contributed by atoms with van der Waals surface area (Å²) >= 11 is 0. The number of para-hydroxylation sites is 2. The molecule has 1 N–H and O–H groups in total. The van der Waals surface area contributed by atoms with Crippen molar-refractivity contribution in [3.05, 3.63) is 66.6 Å². The molecule has 0 spiro atoms. The molecule has 1 fully saturated rings. The van der Waals surface area contributed by atoms with E-state index in [4.69, 9.17) is 8.83 Å². The normalized spacial score (nSPS) is 16.4. The van der Waals surface area contributed by atoms with Gasteiger partial charge in [-0.05, 0) is 43.2 Å². The molecule has 1 saturated heterocycles. The lowest BCUT2D eigenvalue weighted by atomic mass is 10.1. The van der Waals surface area contributed by atoms with Crippen molar-refractivity contribution in [3.8, 4) is 11.5 Å².